The highest BCUT2D eigenvalue weighted by molar-refractivity contribution is 5.93. The third kappa shape index (κ3) is 2.98. The molecule has 1 rings (SSSR count). The Bertz CT molecular complexity index is 314. The van der Waals surface area contributed by atoms with E-state index in [2.05, 4.69) is 16.6 Å². The summed E-state index contributed by atoms with van der Waals surface area (Å²) in [6.07, 6.45) is 1.62. The van der Waals surface area contributed by atoms with Crippen molar-refractivity contribution in [2.45, 2.75) is 19.8 Å². The van der Waals surface area contributed by atoms with Crippen molar-refractivity contribution in [2.24, 2.45) is 5.92 Å². The summed E-state index contributed by atoms with van der Waals surface area (Å²) in [6, 6.07) is 0. The Morgan fingerprint density at radius 3 is 2.80 bits per heavy atom. The van der Waals surface area contributed by atoms with Gasteiger partial charge in [-0.15, -0.1) is 0 Å². The lowest BCUT2D eigenvalue weighted by molar-refractivity contribution is -0.148. The number of rotatable bonds is 1. The summed E-state index contributed by atoms with van der Waals surface area (Å²) in [5.41, 5.74) is 0. The van der Waals surface area contributed by atoms with Crippen LogP contribution >= 0.6 is 0 Å². The Balaban J connectivity index is 2.58. The van der Waals surface area contributed by atoms with Crippen LogP contribution in [-0.4, -0.2) is 37.0 Å². The molecular formula is C11H15NO3. The van der Waals surface area contributed by atoms with Crippen LogP contribution in [-0.2, 0) is 14.3 Å². The molecule has 1 heterocycles. The van der Waals surface area contributed by atoms with Crippen LogP contribution in [0.2, 0.25) is 0 Å². The number of esters is 1. The molecule has 0 bridgehead atoms. The maximum atomic E-state index is 11.5. The number of hydrogen-bond donors (Lipinski definition) is 0. The van der Waals surface area contributed by atoms with Crippen LogP contribution in [0.4, 0.5) is 0 Å². The van der Waals surface area contributed by atoms with Gasteiger partial charge in [-0.2, -0.15) is 0 Å². The number of amides is 1. The molecule has 1 amide bonds. The normalized spacial score (nSPS) is 20.1. The second kappa shape index (κ2) is 5.40. The molecule has 0 saturated carbocycles. The van der Waals surface area contributed by atoms with Gasteiger partial charge in [-0.1, -0.05) is 5.92 Å². The molecule has 0 aliphatic carbocycles. The molecule has 0 unspecified atom stereocenters. The van der Waals surface area contributed by atoms with Crippen LogP contribution in [0.5, 0.6) is 0 Å². The second-order valence-electron chi connectivity index (χ2n) is 3.49. The molecule has 15 heavy (non-hydrogen) atoms. The minimum absolute atomic E-state index is 0.189. The molecule has 1 aliphatic heterocycles. The van der Waals surface area contributed by atoms with Gasteiger partial charge in [-0.3, -0.25) is 9.59 Å². The molecule has 4 heteroatoms. The van der Waals surface area contributed by atoms with Crippen molar-refractivity contribution in [1.82, 2.24) is 4.90 Å². The predicted molar refractivity (Wildman–Crippen MR) is 54.8 cm³/mol. The topological polar surface area (TPSA) is 46.6 Å². The first-order chi connectivity index (χ1) is 7.19. The van der Waals surface area contributed by atoms with Gasteiger partial charge in [0.25, 0.3) is 5.91 Å². The molecule has 82 valence electrons. The van der Waals surface area contributed by atoms with E-state index in [1.54, 1.807) is 11.8 Å². The molecule has 0 aromatic carbocycles. The van der Waals surface area contributed by atoms with Gasteiger partial charge in [0, 0.05) is 13.1 Å². The molecule has 1 saturated heterocycles. The lowest BCUT2D eigenvalue weighted by Gasteiger charge is -2.29. The lowest BCUT2D eigenvalue weighted by atomic mass is 9.98. The van der Waals surface area contributed by atoms with Gasteiger partial charge in [0.2, 0.25) is 0 Å². The van der Waals surface area contributed by atoms with Gasteiger partial charge in [0.15, 0.2) is 0 Å². The SMILES string of the molecule is CC#CC(=O)N1CCC[C@H](C(=O)OC)C1. The van der Waals surface area contributed by atoms with Gasteiger partial charge in [0.1, 0.15) is 0 Å². The third-order valence-corrected chi connectivity index (χ3v) is 2.48. The maximum absolute atomic E-state index is 11.5. The Kier molecular flexibility index (Phi) is 4.17. The summed E-state index contributed by atoms with van der Waals surface area (Å²) in [7, 11) is 1.37. The molecule has 0 N–H and O–H groups in total. The van der Waals surface area contributed by atoms with E-state index >= 15 is 0 Å². The minimum atomic E-state index is -0.239. The number of nitrogens with zero attached hydrogens (tertiary/aromatic N) is 1. The molecule has 1 fully saturated rings. The van der Waals surface area contributed by atoms with Gasteiger partial charge < -0.3 is 9.64 Å². The number of carbonyl (C=O) groups excluding carboxylic acids is 2. The Morgan fingerprint density at radius 2 is 2.20 bits per heavy atom. The zero-order valence-corrected chi connectivity index (χ0v) is 9.08. The molecule has 0 aromatic heterocycles. The van der Waals surface area contributed by atoms with E-state index in [-0.39, 0.29) is 17.8 Å². The predicted octanol–water partition coefficient (Wildman–Crippen LogP) is 0.421. The quantitative estimate of drug-likeness (QED) is 0.464. The van der Waals surface area contributed by atoms with Gasteiger partial charge >= 0.3 is 5.97 Å². The van der Waals surface area contributed by atoms with E-state index in [0.29, 0.717) is 13.1 Å². The minimum Gasteiger partial charge on any atom is -0.469 e. The standard InChI is InChI=1S/C11H15NO3/c1-3-5-10(13)12-7-4-6-9(8-12)11(14)15-2/h9H,4,6-8H2,1-2H3/t9-/m0/s1. The van der Waals surface area contributed by atoms with E-state index in [4.69, 9.17) is 0 Å². The number of likely N-dealkylation sites (tertiary alicyclic amines) is 1. The van der Waals surface area contributed by atoms with Crippen LogP contribution < -0.4 is 0 Å². The fourth-order valence-electron chi connectivity index (χ4n) is 1.71. The third-order valence-electron chi connectivity index (χ3n) is 2.48. The summed E-state index contributed by atoms with van der Waals surface area (Å²) < 4.78 is 4.66. The number of piperidine rings is 1. The first kappa shape index (κ1) is 11.6. The summed E-state index contributed by atoms with van der Waals surface area (Å²) >= 11 is 0. The summed E-state index contributed by atoms with van der Waals surface area (Å²) in [5.74, 6) is 4.41. The molecule has 1 atom stereocenters. The highest BCUT2D eigenvalue weighted by Gasteiger charge is 2.28. The number of ether oxygens (including phenoxy) is 1. The van der Waals surface area contributed by atoms with Gasteiger partial charge in [0.05, 0.1) is 13.0 Å². The van der Waals surface area contributed by atoms with Crippen LogP contribution in [0.25, 0.3) is 0 Å². The van der Waals surface area contributed by atoms with Crippen molar-refractivity contribution in [3.05, 3.63) is 0 Å². The zero-order valence-electron chi connectivity index (χ0n) is 9.08. The molecule has 4 nitrogen and oxygen atoms in total. The molecule has 0 spiro atoms. The van der Waals surface area contributed by atoms with Crippen molar-refractivity contribution in [1.29, 1.82) is 0 Å². The Morgan fingerprint density at radius 1 is 1.47 bits per heavy atom. The van der Waals surface area contributed by atoms with Crippen LogP contribution in [0.1, 0.15) is 19.8 Å². The highest BCUT2D eigenvalue weighted by Crippen LogP contribution is 2.17. The van der Waals surface area contributed by atoms with E-state index in [1.807, 2.05) is 0 Å². The average molecular weight is 209 g/mol. The van der Waals surface area contributed by atoms with Gasteiger partial charge in [-0.05, 0) is 25.7 Å². The summed E-state index contributed by atoms with van der Waals surface area (Å²) in [5, 5.41) is 0. The Labute approximate surface area is 89.6 Å². The molecule has 0 radical (unpaired) electrons. The van der Waals surface area contributed by atoms with Crippen molar-refractivity contribution < 1.29 is 14.3 Å². The van der Waals surface area contributed by atoms with Crippen molar-refractivity contribution in [3.8, 4) is 11.8 Å². The van der Waals surface area contributed by atoms with Crippen molar-refractivity contribution in [3.63, 3.8) is 0 Å². The molecule has 0 aromatic rings. The fraction of sp³-hybridized carbons (Fsp3) is 0.636. The average Bonchev–Trinajstić information content (AvgIpc) is 2.28. The number of hydrogen-bond acceptors (Lipinski definition) is 3. The van der Waals surface area contributed by atoms with Crippen LogP contribution in [0.3, 0.4) is 0 Å². The maximum Gasteiger partial charge on any atom is 0.310 e. The summed E-state index contributed by atoms with van der Waals surface area (Å²) in [6.45, 7) is 2.74. The highest BCUT2D eigenvalue weighted by atomic mass is 16.5. The van der Waals surface area contributed by atoms with Crippen molar-refractivity contribution >= 4 is 11.9 Å². The van der Waals surface area contributed by atoms with Crippen LogP contribution in [0, 0.1) is 17.8 Å². The van der Waals surface area contributed by atoms with Crippen LogP contribution in [0.15, 0.2) is 0 Å². The number of methoxy groups -OCH3 is 1. The van der Waals surface area contributed by atoms with E-state index in [1.165, 1.54) is 7.11 Å². The largest absolute Gasteiger partial charge is 0.469 e. The fourth-order valence-corrected chi connectivity index (χ4v) is 1.71. The van der Waals surface area contributed by atoms with Crippen molar-refractivity contribution in [2.75, 3.05) is 20.2 Å². The monoisotopic (exact) mass is 209 g/mol. The lowest BCUT2D eigenvalue weighted by Crippen LogP contribution is -2.42. The summed E-state index contributed by atoms with van der Waals surface area (Å²) in [4.78, 5) is 24.4. The van der Waals surface area contributed by atoms with E-state index < -0.39 is 0 Å². The first-order valence-corrected chi connectivity index (χ1v) is 4.98. The first-order valence-electron chi connectivity index (χ1n) is 4.98. The zero-order chi connectivity index (χ0) is 11.3. The number of carbonyl (C=O) groups is 2. The second-order valence-corrected chi connectivity index (χ2v) is 3.49. The Hall–Kier alpha value is -1.50. The van der Waals surface area contributed by atoms with Gasteiger partial charge in [-0.25, -0.2) is 0 Å². The van der Waals surface area contributed by atoms with E-state index in [9.17, 15) is 9.59 Å². The molecular weight excluding hydrogens is 194 g/mol. The molecule has 1 aliphatic rings. The van der Waals surface area contributed by atoms with E-state index in [0.717, 1.165) is 12.8 Å². The smallest absolute Gasteiger partial charge is 0.310 e.